The van der Waals surface area contributed by atoms with Crippen LogP contribution in [0.2, 0.25) is 0 Å². The van der Waals surface area contributed by atoms with Gasteiger partial charge in [0.1, 0.15) is 23.4 Å². The number of rotatable bonds is 6. The predicted octanol–water partition coefficient (Wildman–Crippen LogP) is 4.38. The molecule has 186 valence electrons. The summed E-state index contributed by atoms with van der Waals surface area (Å²) in [5, 5.41) is 5.12. The van der Waals surface area contributed by atoms with Gasteiger partial charge in [-0.15, -0.1) is 13.2 Å². The van der Waals surface area contributed by atoms with Crippen molar-refractivity contribution in [1.29, 1.82) is 0 Å². The van der Waals surface area contributed by atoms with Crippen LogP contribution in [-0.4, -0.2) is 45.2 Å². The number of pyridine rings is 2. The number of amides is 5. The van der Waals surface area contributed by atoms with Gasteiger partial charge in [0.2, 0.25) is 0 Å². The summed E-state index contributed by atoms with van der Waals surface area (Å²) >= 11 is 0. The van der Waals surface area contributed by atoms with Gasteiger partial charge >= 0.3 is 18.4 Å². The standard InChI is InChI=1S/C23H19F3N6O4/c1-14-20(33)32(16-5-7-17(8-6-16)36-23(24,25)26)22(35)31(14)13-15-9-11-28-19(12-15)30-21(34)29-18-4-2-3-10-27-18/h2-12,14H,13H2,1H3,(H2,27,28,29,30,34). The number of benzene rings is 1. The first kappa shape index (κ1) is 24.4. The Kier molecular flexibility index (Phi) is 6.72. The van der Waals surface area contributed by atoms with Crippen LogP contribution < -0.4 is 20.3 Å². The fourth-order valence-electron chi connectivity index (χ4n) is 3.49. The van der Waals surface area contributed by atoms with Crippen LogP contribution in [0.4, 0.5) is 40.1 Å². The molecule has 0 bridgehead atoms. The molecule has 0 spiro atoms. The summed E-state index contributed by atoms with van der Waals surface area (Å²) in [5.74, 6) is -0.450. The molecule has 13 heteroatoms. The molecule has 4 rings (SSSR count). The van der Waals surface area contributed by atoms with E-state index in [2.05, 4.69) is 25.3 Å². The third kappa shape index (κ3) is 5.68. The topological polar surface area (TPSA) is 117 Å². The minimum Gasteiger partial charge on any atom is -0.406 e. The Morgan fingerprint density at radius 2 is 1.69 bits per heavy atom. The van der Waals surface area contributed by atoms with Gasteiger partial charge in [0.15, 0.2) is 0 Å². The maximum absolute atomic E-state index is 13.0. The fraction of sp³-hybridized carbons (Fsp3) is 0.174. The average Bonchev–Trinajstić information content (AvgIpc) is 3.02. The quantitative estimate of drug-likeness (QED) is 0.486. The lowest BCUT2D eigenvalue weighted by Crippen LogP contribution is -2.33. The largest absolute Gasteiger partial charge is 0.573 e. The lowest BCUT2D eigenvalue weighted by Gasteiger charge is -2.20. The number of anilines is 3. The predicted molar refractivity (Wildman–Crippen MR) is 122 cm³/mol. The second-order valence-corrected chi connectivity index (χ2v) is 7.65. The van der Waals surface area contributed by atoms with Crippen molar-refractivity contribution in [2.24, 2.45) is 0 Å². The number of imide groups is 1. The normalized spacial score (nSPS) is 15.7. The maximum atomic E-state index is 13.0. The monoisotopic (exact) mass is 500 g/mol. The van der Waals surface area contributed by atoms with Crippen molar-refractivity contribution in [1.82, 2.24) is 14.9 Å². The number of ether oxygens (including phenoxy) is 1. The number of carbonyl (C=O) groups is 3. The number of hydrogen-bond donors (Lipinski definition) is 2. The molecule has 10 nitrogen and oxygen atoms in total. The van der Waals surface area contributed by atoms with Gasteiger partial charge in [-0.25, -0.2) is 24.5 Å². The lowest BCUT2D eigenvalue weighted by molar-refractivity contribution is -0.274. The molecule has 1 aliphatic heterocycles. The van der Waals surface area contributed by atoms with E-state index in [0.717, 1.165) is 17.0 Å². The highest BCUT2D eigenvalue weighted by Crippen LogP contribution is 2.30. The van der Waals surface area contributed by atoms with E-state index in [1.54, 1.807) is 37.3 Å². The Balaban J connectivity index is 1.44. The van der Waals surface area contributed by atoms with Crippen LogP contribution >= 0.6 is 0 Å². The minimum atomic E-state index is -4.86. The zero-order chi connectivity index (χ0) is 25.9. The Bertz CT molecular complexity index is 1270. The van der Waals surface area contributed by atoms with E-state index in [0.29, 0.717) is 11.4 Å². The summed E-state index contributed by atoms with van der Waals surface area (Å²) in [6.07, 6.45) is -1.89. The molecule has 36 heavy (non-hydrogen) atoms. The first-order valence-electron chi connectivity index (χ1n) is 10.5. The van der Waals surface area contributed by atoms with Crippen molar-refractivity contribution in [2.75, 3.05) is 15.5 Å². The number of urea groups is 2. The number of aromatic nitrogens is 2. The number of nitrogens with one attached hydrogen (secondary N) is 2. The van der Waals surface area contributed by atoms with Crippen LogP contribution in [0, 0.1) is 0 Å². The van der Waals surface area contributed by atoms with Crippen molar-refractivity contribution >= 4 is 35.3 Å². The van der Waals surface area contributed by atoms with Gasteiger partial charge in [-0.05, 0) is 61.0 Å². The molecule has 0 radical (unpaired) electrons. The van der Waals surface area contributed by atoms with Crippen LogP contribution in [0.15, 0.2) is 67.0 Å². The molecule has 1 fully saturated rings. The number of carbonyl (C=O) groups excluding carboxylic acids is 3. The van der Waals surface area contributed by atoms with E-state index in [9.17, 15) is 27.6 Å². The molecule has 1 unspecified atom stereocenters. The first-order valence-corrected chi connectivity index (χ1v) is 10.5. The van der Waals surface area contributed by atoms with E-state index in [1.807, 2.05) is 0 Å². The molecule has 1 saturated heterocycles. The summed E-state index contributed by atoms with van der Waals surface area (Å²) in [6, 6.07) is 10.6. The van der Waals surface area contributed by atoms with Gasteiger partial charge in [-0.1, -0.05) is 6.07 Å². The third-order valence-corrected chi connectivity index (χ3v) is 5.14. The maximum Gasteiger partial charge on any atom is 0.573 e. The van der Waals surface area contributed by atoms with E-state index in [1.165, 1.54) is 29.4 Å². The summed E-state index contributed by atoms with van der Waals surface area (Å²) in [4.78, 5) is 48.3. The lowest BCUT2D eigenvalue weighted by atomic mass is 10.2. The Morgan fingerprint density at radius 3 is 2.36 bits per heavy atom. The molecule has 5 amide bonds. The fourth-order valence-corrected chi connectivity index (χ4v) is 3.49. The average molecular weight is 500 g/mol. The van der Waals surface area contributed by atoms with Crippen LogP contribution in [0.25, 0.3) is 0 Å². The van der Waals surface area contributed by atoms with E-state index in [4.69, 9.17) is 0 Å². The summed E-state index contributed by atoms with van der Waals surface area (Å²) in [5.41, 5.74) is 0.694. The van der Waals surface area contributed by atoms with Crippen LogP contribution in [0.1, 0.15) is 12.5 Å². The summed E-state index contributed by atoms with van der Waals surface area (Å²) < 4.78 is 41.0. The van der Waals surface area contributed by atoms with E-state index in [-0.39, 0.29) is 18.1 Å². The molecule has 0 saturated carbocycles. The van der Waals surface area contributed by atoms with Crippen LogP contribution in [-0.2, 0) is 11.3 Å². The van der Waals surface area contributed by atoms with Crippen molar-refractivity contribution in [2.45, 2.75) is 25.9 Å². The molecular weight excluding hydrogens is 481 g/mol. The highest BCUT2D eigenvalue weighted by molar-refractivity contribution is 6.21. The van der Waals surface area contributed by atoms with Crippen molar-refractivity contribution in [3.8, 4) is 5.75 Å². The van der Waals surface area contributed by atoms with E-state index < -0.39 is 36.1 Å². The summed E-state index contributed by atoms with van der Waals surface area (Å²) in [6.45, 7) is 1.57. The number of alkyl halides is 3. The molecule has 3 aromatic rings. The Morgan fingerprint density at radius 1 is 1.00 bits per heavy atom. The van der Waals surface area contributed by atoms with Crippen LogP contribution in [0.5, 0.6) is 5.75 Å². The first-order chi connectivity index (χ1) is 17.1. The summed E-state index contributed by atoms with van der Waals surface area (Å²) in [7, 11) is 0. The molecule has 1 aromatic carbocycles. The van der Waals surface area contributed by atoms with Crippen molar-refractivity contribution < 1.29 is 32.3 Å². The zero-order valence-electron chi connectivity index (χ0n) is 18.7. The van der Waals surface area contributed by atoms with Crippen molar-refractivity contribution in [3.05, 3.63) is 72.6 Å². The smallest absolute Gasteiger partial charge is 0.406 e. The number of hydrogen-bond acceptors (Lipinski definition) is 6. The van der Waals surface area contributed by atoms with E-state index >= 15 is 0 Å². The molecule has 2 aromatic heterocycles. The third-order valence-electron chi connectivity index (χ3n) is 5.14. The van der Waals surface area contributed by atoms with Gasteiger partial charge in [-0.2, -0.15) is 0 Å². The highest BCUT2D eigenvalue weighted by atomic mass is 19.4. The molecule has 0 aliphatic carbocycles. The minimum absolute atomic E-state index is 0.0244. The highest BCUT2D eigenvalue weighted by Gasteiger charge is 2.43. The number of halogens is 3. The second kappa shape index (κ2) is 9.90. The molecule has 1 aliphatic rings. The van der Waals surface area contributed by atoms with Gasteiger partial charge < -0.3 is 9.64 Å². The SMILES string of the molecule is CC1C(=O)N(c2ccc(OC(F)(F)F)cc2)C(=O)N1Cc1ccnc(NC(=O)Nc2ccccn2)c1. The second-order valence-electron chi connectivity index (χ2n) is 7.65. The Labute approximate surface area is 202 Å². The molecular formula is C23H19F3N6O4. The van der Waals surface area contributed by atoms with Gasteiger partial charge in [0, 0.05) is 18.9 Å². The molecule has 2 N–H and O–H groups in total. The molecule has 3 heterocycles. The van der Waals surface area contributed by atoms with Crippen LogP contribution in [0.3, 0.4) is 0 Å². The van der Waals surface area contributed by atoms with Crippen molar-refractivity contribution in [3.63, 3.8) is 0 Å². The van der Waals surface area contributed by atoms with Gasteiger partial charge in [0.25, 0.3) is 5.91 Å². The number of nitrogens with zero attached hydrogens (tertiary/aromatic N) is 4. The zero-order valence-corrected chi connectivity index (χ0v) is 18.7. The van der Waals surface area contributed by atoms with Gasteiger partial charge in [0.05, 0.1) is 5.69 Å². The Hall–Kier alpha value is -4.68. The molecule has 1 atom stereocenters. The van der Waals surface area contributed by atoms with Gasteiger partial charge in [-0.3, -0.25) is 15.4 Å².